The maximum atomic E-state index is 14.8. The topological polar surface area (TPSA) is 69.0 Å². The Hall–Kier alpha value is -4.04. The lowest BCUT2D eigenvalue weighted by atomic mass is 10.2. The molecule has 1 N–H and O–H groups in total. The van der Waals surface area contributed by atoms with Crippen LogP contribution in [0.3, 0.4) is 0 Å². The van der Waals surface area contributed by atoms with E-state index in [0.717, 1.165) is 20.9 Å². The van der Waals surface area contributed by atoms with E-state index < -0.39 is 5.82 Å². The Labute approximate surface area is 187 Å². The van der Waals surface area contributed by atoms with Crippen LogP contribution in [0.1, 0.15) is 10.4 Å². The molecule has 32 heavy (non-hydrogen) atoms. The largest absolute Gasteiger partial charge is 0.453 e. The summed E-state index contributed by atoms with van der Waals surface area (Å²) in [6.07, 6.45) is 5.23. The summed E-state index contributed by atoms with van der Waals surface area (Å²) in [7, 11) is 1.92. The molecule has 0 spiro atoms. The van der Waals surface area contributed by atoms with E-state index in [1.807, 2.05) is 29.9 Å². The maximum absolute atomic E-state index is 14.8. The molecule has 5 aromatic rings. The fraction of sp³-hybridized carbons (Fsp3) is 0.0417. The van der Waals surface area contributed by atoms with E-state index in [1.54, 1.807) is 48.8 Å². The van der Waals surface area contributed by atoms with Crippen molar-refractivity contribution in [3.8, 4) is 22.2 Å². The number of benzene rings is 2. The number of nitrogens with zero attached hydrogens (tertiary/aromatic N) is 3. The van der Waals surface area contributed by atoms with Gasteiger partial charge in [-0.15, -0.1) is 11.3 Å². The van der Waals surface area contributed by atoms with Gasteiger partial charge in [0.2, 0.25) is 0 Å². The Kier molecular flexibility index (Phi) is 5.12. The zero-order chi connectivity index (χ0) is 22.1. The zero-order valence-electron chi connectivity index (χ0n) is 16.9. The summed E-state index contributed by atoms with van der Waals surface area (Å²) in [5, 5.41) is 2.69. The lowest BCUT2D eigenvalue weighted by Crippen LogP contribution is -2.11. The van der Waals surface area contributed by atoms with Crippen LogP contribution in [0.2, 0.25) is 0 Å². The predicted octanol–water partition coefficient (Wildman–Crippen LogP) is 5.88. The van der Waals surface area contributed by atoms with Crippen LogP contribution in [0.4, 0.5) is 10.1 Å². The van der Waals surface area contributed by atoms with Crippen LogP contribution in [-0.2, 0) is 7.05 Å². The number of amides is 1. The van der Waals surface area contributed by atoms with Crippen molar-refractivity contribution in [2.75, 3.05) is 5.32 Å². The lowest BCUT2D eigenvalue weighted by Gasteiger charge is -2.10. The van der Waals surface area contributed by atoms with Gasteiger partial charge < -0.3 is 14.6 Å². The number of ether oxygens (including phenoxy) is 1. The first-order chi connectivity index (χ1) is 15.6. The Morgan fingerprint density at radius 2 is 1.88 bits per heavy atom. The van der Waals surface area contributed by atoms with Crippen LogP contribution < -0.4 is 10.1 Å². The molecule has 2 aromatic carbocycles. The number of hydrogen-bond acceptors (Lipinski definition) is 5. The van der Waals surface area contributed by atoms with Gasteiger partial charge in [-0.1, -0.05) is 18.2 Å². The fourth-order valence-corrected chi connectivity index (χ4v) is 4.39. The van der Waals surface area contributed by atoms with Gasteiger partial charge >= 0.3 is 0 Å². The number of aryl methyl sites for hydroxylation is 1. The first kappa shape index (κ1) is 19.9. The summed E-state index contributed by atoms with van der Waals surface area (Å²) < 4.78 is 23.4. The normalized spacial score (nSPS) is 10.9. The third-order valence-electron chi connectivity index (χ3n) is 4.86. The van der Waals surface area contributed by atoms with Gasteiger partial charge in [-0.05, 0) is 30.3 Å². The van der Waals surface area contributed by atoms with Crippen LogP contribution >= 0.6 is 11.3 Å². The average Bonchev–Trinajstić information content (AvgIpc) is 3.42. The third kappa shape index (κ3) is 3.83. The molecule has 8 heteroatoms. The number of imidazole rings is 1. The number of hydrogen-bond donors (Lipinski definition) is 1. The molecule has 0 fully saturated rings. The van der Waals surface area contributed by atoms with Gasteiger partial charge in [-0.25, -0.2) is 9.37 Å². The van der Waals surface area contributed by atoms with Gasteiger partial charge in [-0.2, -0.15) is 0 Å². The van der Waals surface area contributed by atoms with Gasteiger partial charge in [0.05, 0.1) is 15.1 Å². The monoisotopic (exact) mass is 444 g/mol. The van der Waals surface area contributed by atoms with E-state index >= 15 is 0 Å². The number of rotatable bonds is 5. The van der Waals surface area contributed by atoms with E-state index in [4.69, 9.17) is 4.74 Å². The molecule has 0 aliphatic heterocycles. The van der Waals surface area contributed by atoms with Gasteiger partial charge in [0.1, 0.15) is 11.6 Å². The number of carbonyl (C=O) groups is 1. The van der Waals surface area contributed by atoms with Gasteiger partial charge in [0.15, 0.2) is 11.6 Å². The van der Waals surface area contributed by atoms with E-state index in [0.29, 0.717) is 17.0 Å². The molecule has 3 aromatic heterocycles. The minimum Gasteiger partial charge on any atom is -0.453 e. The molecule has 0 unspecified atom stereocenters. The summed E-state index contributed by atoms with van der Waals surface area (Å²) in [5.41, 5.74) is 1.59. The molecule has 158 valence electrons. The van der Waals surface area contributed by atoms with Crippen molar-refractivity contribution in [2.45, 2.75) is 0 Å². The number of pyridine rings is 1. The van der Waals surface area contributed by atoms with E-state index in [2.05, 4.69) is 15.3 Å². The molecule has 0 aliphatic rings. The zero-order valence-corrected chi connectivity index (χ0v) is 17.8. The molecule has 0 radical (unpaired) electrons. The molecule has 0 saturated carbocycles. The molecule has 5 rings (SSSR count). The number of fused-ring (bicyclic) bond motifs is 1. The lowest BCUT2D eigenvalue weighted by molar-refractivity contribution is 0.102. The second kappa shape index (κ2) is 8.24. The average molecular weight is 444 g/mol. The Morgan fingerprint density at radius 1 is 1.03 bits per heavy atom. The van der Waals surface area contributed by atoms with Crippen molar-refractivity contribution in [2.24, 2.45) is 7.05 Å². The SMILES string of the molecule is Cn1ccnc1-c1cc2nccc(Oc3ccc(NC(=O)c4ccccc4)cc3F)c2s1. The van der Waals surface area contributed by atoms with Crippen molar-refractivity contribution in [3.05, 3.63) is 90.6 Å². The second-order valence-electron chi connectivity index (χ2n) is 7.06. The summed E-state index contributed by atoms with van der Waals surface area (Å²) in [6.45, 7) is 0. The van der Waals surface area contributed by atoms with E-state index in [-0.39, 0.29) is 11.7 Å². The molecular weight excluding hydrogens is 427 g/mol. The van der Waals surface area contributed by atoms with Crippen molar-refractivity contribution in [3.63, 3.8) is 0 Å². The summed E-state index contributed by atoms with van der Waals surface area (Å²) in [5.74, 6) is 0.489. The van der Waals surface area contributed by atoms with Crippen molar-refractivity contribution < 1.29 is 13.9 Å². The minimum atomic E-state index is -0.582. The highest BCUT2D eigenvalue weighted by molar-refractivity contribution is 7.22. The molecule has 0 bridgehead atoms. The molecular formula is C24H17FN4O2S. The Bertz CT molecular complexity index is 1430. The molecule has 3 heterocycles. The standard InChI is InChI=1S/C24H17FN4O2S/c1-29-12-11-27-23(29)21-14-18-22(32-21)20(9-10-26-18)31-19-8-7-16(13-17(19)25)28-24(30)15-5-3-2-4-6-15/h2-14H,1H3,(H,28,30). The van der Waals surface area contributed by atoms with Gasteiger partial charge in [0.25, 0.3) is 5.91 Å². The van der Waals surface area contributed by atoms with Crippen LogP contribution in [0.25, 0.3) is 20.9 Å². The highest BCUT2D eigenvalue weighted by atomic mass is 32.1. The highest BCUT2D eigenvalue weighted by Crippen LogP contribution is 2.39. The second-order valence-corrected chi connectivity index (χ2v) is 8.12. The molecule has 0 aliphatic carbocycles. The van der Waals surface area contributed by atoms with E-state index in [9.17, 15) is 9.18 Å². The number of anilines is 1. The highest BCUT2D eigenvalue weighted by Gasteiger charge is 2.15. The molecule has 0 saturated heterocycles. The van der Waals surface area contributed by atoms with Gasteiger partial charge in [0, 0.05) is 49.0 Å². The molecule has 0 atom stereocenters. The van der Waals surface area contributed by atoms with E-state index in [1.165, 1.54) is 23.5 Å². The van der Waals surface area contributed by atoms with Crippen LogP contribution in [0, 0.1) is 5.82 Å². The fourth-order valence-electron chi connectivity index (χ4n) is 3.28. The number of thiophene rings is 1. The number of aromatic nitrogens is 3. The van der Waals surface area contributed by atoms with Crippen LogP contribution in [-0.4, -0.2) is 20.4 Å². The first-order valence-corrected chi connectivity index (χ1v) is 10.6. The summed E-state index contributed by atoms with van der Waals surface area (Å²) >= 11 is 1.48. The van der Waals surface area contributed by atoms with Crippen molar-refractivity contribution >= 4 is 33.1 Å². The number of halogens is 1. The minimum absolute atomic E-state index is 0.0575. The Balaban J connectivity index is 1.40. The quantitative estimate of drug-likeness (QED) is 0.368. The van der Waals surface area contributed by atoms with Crippen LogP contribution in [0.15, 0.2) is 79.3 Å². The van der Waals surface area contributed by atoms with Gasteiger partial charge in [-0.3, -0.25) is 9.78 Å². The predicted molar refractivity (Wildman–Crippen MR) is 123 cm³/mol. The van der Waals surface area contributed by atoms with Crippen molar-refractivity contribution in [1.82, 2.24) is 14.5 Å². The molecule has 6 nitrogen and oxygen atoms in total. The summed E-state index contributed by atoms with van der Waals surface area (Å²) in [4.78, 5) is 22.0. The first-order valence-electron chi connectivity index (χ1n) is 9.78. The Morgan fingerprint density at radius 3 is 2.62 bits per heavy atom. The van der Waals surface area contributed by atoms with Crippen molar-refractivity contribution in [1.29, 1.82) is 0 Å². The summed E-state index contributed by atoms with van der Waals surface area (Å²) in [6, 6.07) is 16.7. The maximum Gasteiger partial charge on any atom is 0.255 e. The molecule has 1 amide bonds. The third-order valence-corrected chi connectivity index (χ3v) is 6.00. The number of nitrogens with one attached hydrogen (secondary N) is 1. The number of carbonyl (C=O) groups excluding carboxylic acids is 1. The smallest absolute Gasteiger partial charge is 0.255 e. The van der Waals surface area contributed by atoms with Crippen LogP contribution in [0.5, 0.6) is 11.5 Å².